The molecule has 7 nitrogen and oxygen atoms in total. The summed E-state index contributed by atoms with van der Waals surface area (Å²) < 4.78 is 10.6. The van der Waals surface area contributed by atoms with Crippen molar-refractivity contribution in [1.29, 1.82) is 0 Å². The second-order valence-corrected chi connectivity index (χ2v) is 6.25. The fraction of sp³-hybridized carbons (Fsp3) is 0.556. The number of likely N-dealkylation sites (tertiary alicyclic amines) is 1. The van der Waals surface area contributed by atoms with Gasteiger partial charge in [0.05, 0.1) is 7.11 Å². The molecule has 1 aliphatic heterocycles. The fourth-order valence-corrected chi connectivity index (χ4v) is 3.02. The second-order valence-electron chi connectivity index (χ2n) is 6.25. The second kappa shape index (κ2) is 9.27. The highest BCUT2D eigenvalue weighted by molar-refractivity contribution is 5.95. The zero-order valence-electron chi connectivity index (χ0n) is 14.9. The Morgan fingerprint density at radius 2 is 2.00 bits per heavy atom. The predicted octanol–water partition coefficient (Wildman–Crippen LogP) is 1.02. The summed E-state index contributed by atoms with van der Waals surface area (Å²) in [6, 6.07) is 4.97. The molecule has 0 bridgehead atoms. The Hall–Kier alpha value is -2.28. The number of rotatable bonds is 8. The van der Waals surface area contributed by atoms with E-state index in [2.05, 4.69) is 5.32 Å². The van der Waals surface area contributed by atoms with Gasteiger partial charge in [0.1, 0.15) is 0 Å². The van der Waals surface area contributed by atoms with Crippen LogP contribution in [0, 0.1) is 5.92 Å². The third-order valence-electron chi connectivity index (χ3n) is 4.48. The van der Waals surface area contributed by atoms with E-state index >= 15 is 0 Å². The standard InChI is InChI=1S/C18H27N3O4/c1-20-8-5-13-6-9-21(10-7-13)18(23)14-3-4-15(16(11-14)24-2)25-12-17(19)22/h3-4,11,13,20H,5-10,12H2,1-2H3,(H2,19,22). The monoisotopic (exact) mass is 349 g/mol. The summed E-state index contributed by atoms with van der Waals surface area (Å²) in [5.74, 6) is 0.908. The Bertz CT molecular complexity index is 598. The molecule has 25 heavy (non-hydrogen) atoms. The number of nitrogens with two attached hydrogens (primary N) is 1. The maximum atomic E-state index is 12.7. The molecule has 7 heteroatoms. The summed E-state index contributed by atoms with van der Waals surface area (Å²) in [6.45, 7) is 2.33. The third kappa shape index (κ3) is 5.35. The molecule has 2 rings (SSSR count). The minimum atomic E-state index is -0.566. The first kappa shape index (κ1) is 19.1. The first-order valence-corrected chi connectivity index (χ1v) is 8.58. The molecule has 138 valence electrons. The number of methoxy groups -OCH3 is 1. The largest absolute Gasteiger partial charge is 0.493 e. The minimum absolute atomic E-state index is 0.00758. The number of nitrogens with one attached hydrogen (secondary N) is 1. The summed E-state index contributed by atoms with van der Waals surface area (Å²) in [4.78, 5) is 25.4. The van der Waals surface area contributed by atoms with Crippen LogP contribution in [-0.4, -0.2) is 57.1 Å². The van der Waals surface area contributed by atoms with Crippen molar-refractivity contribution in [2.45, 2.75) is 19.3 Å². The Morgan fingerprint density at radius 1 is 1.28 bits per heavy atom. The molecule has 0 aromatic heterocycles. The van der Waals surface area contributed by atoms with Gasteiger partial charge < -0.3 is 25.4 Å². The van der Waals surface area contributed by atoms with E-state index in [1.165, 1.54) is 7.11 Å². The lowest BCUT2D eigenvalue weighted by molar-refractivity contribution is -0.119. The number of hydrogen-bond acceptors (Lipinski definition) is 5. The number of carbonyl (C=O) groups is 2. The van der Waals surface area contributed by atoms with Gasteiger partial charge in [-0.1, -0.05) is 0 Å². The van der Waals surface area contributed by atoms with Crippen LogP contribution in [0.15, 0.2) is 18.2 Å². The van der Waals surface area contributed by atoms with Crippen molar-refractivity contribution in [3.8, 4) is 11.5 Å². The molecule has 1 aromatic rings. The van der Waals surface area contributed by atoms with Crippen LogP contribution in [-0.2, 0) is 4.79 Å². The third-order valence-corrected chi connectivity index (χ3v) is 4.48. The normalized spacial score (nSPS) is 15.0. The highest BCUT2D eigenvalue weighted by atomic mass is 16.5. The van der Waals surface area contributed by atoms with Crippen molar-refractivity contribution in [2.75, 3.05) is 40.4 Å². The van der Waals surface area contributed by atoms with Gasteiger partial charge in [0.25, 0.3) is 11.8 Å². The molecule has 0 spiro atoms. The molecule has 0 aliphatic carbocycles. The number of ether oxygens (including phenoxy) is 2. The van der Waals surface area contributed by atoms with Crippen LogP contribution in [0.2, 0.25) is 0 Å². The summed E-state index contributed by atoms with van der Waals surface area (Å²) in [5, 5.41) is 3.17. The van der Waals surface area contributed by atoms with E-state index in [9.17, 15) is 9.59 Å². The molecule has 1 aromatic carbocycles. The van der Waals surface area contributed by atoms with E-state index in [-0.39, 0.29) is 12.5 Å². The van der Waals surface area contributed by atoms with Crippen LogP contribution in [0.1, 0.15) is 29.6 Å². The molecule has 1 fully saturated rings. The highest BCUT2D eigenvalue weighted by Crippen LogP contribution is 2.29. The number of benzene rings is 1. The van der Waals surface area contributed by atoms with Crippen molar-refractivity contribution in [2.24, 2.45) is 11.7 Å². The average molecular weight is 349 g/mol. The lowest BCUT2D eigenvalue weighted by atomic mass is 9.93. The van der Waals surface area contributed by atoms with Gasteiger partial charge in [0.2, 0.25) is 0 Å². The maximum absolute atomic E-state index is 12.7. The van der Waals surface area contributed by atoms with Crippen LogP contribution in [0.5, 0.6) is 11.5 Å². The van der Waals surface area contributed by atoms with Crippen molar-refractivity contribution in [3.05, 3.63) is 23.8 Å². The number of amides is 2. The summed E-state index contributed by atoms with van der Waals surface area (Å²) in [6.07, 6.45) is 3.22. The Kier molecular flexibility index (Phi) is 7.06. The molecule has 0 atom stereocenters. The SMILES string of the molecule is CNCCC1CCN(C(=O)c2ccc(OCC(N)=O)c(OC)c2)CC1. The topological polar surface area (TPSA) is 93.9 Å². The molecule has 0 radical (unpaired) electrons. The van der Waals surface area contributed by atoms with Crippen molar-refractivity contribution in [3.63, 3.8) is 0 Å². The summed E-state index contributed by atoms with van der Waals surface area (Å²) in [5.41, 5.74) is 5.63. The van der Waals surface area contributed by atoms with Gasteiger partial charge in [0.15, 0.2) is 18.1 Å². The smallest absolute Gasteiger partial charge is 0.255 e. The molecule has 2 amide bonds. The van der Waals surface area contributed by atoms with E-state index in [1.807, 2.05) is 11.9 Å². The molecule has 1 heterocycles. The zero-order valence-corrected chi connectivity index (χ0v) is 14.9. The van der Waals surface area contributed by atoms with Gasteiger partial charge in [-0.15, -0.1) is 0 Å². The quantitative estimate of drug-likeness (QED) is 0.731. The molecular weight excluding hydrogens is 322 g/mol. The molecular formula is C18H27N3O4. The molecule has 3 N–H and O–H groups in total. The van der Waals surface area contributed by atoms with Gasteiger partial charge in [0, 0.05) is 18.7 Å². The Labute approximate surface area is 148 Å². The summed E-state index contributed by atoms with van der Waals surface area (Å²) >= 11 is 0. The van der Waals surface area contributed by atoms with Gasteiger partial charge in [-0.3, -0.25) is 9.59 Å². The Balaban J connectivity index is 1.98. The number of nitrogens with zero attached hydrogens (tertiary/aromatic N) is 1. The lowest BCUT2D eigenvalue weighted by Crippen LogP contribution is -2.39. The number of hydrogen-bond donors (Lipinski definition) is 2. The van der Waals surface area contributed by atoms with E-state index in [0.29, 0.717) is 23.0 Å². The average Bonchev–Trinajstić information content (AvgIpc) is 2.64. The van der Waals surface area contributed by atoms with Crippen LogP contribution in [0.25, 0.3) is 0 Å². The van der Waals surface area contributed by atoms with Gasteiger partial charge in [-0.25, -0.2) is 0 Å². The molecule has 1 aliphatic rings. The number of primary amides is 1. The van der Waals surface area contributed by atoms with Crippen molar-refractivity contribution < 1.29 is 19.1 Å². The first-order chi connectivity index (χ1) is 12.0. The fourth-order valence-electron chi connectivity index (χ4n) is 3.02. The summed E-state index contributed by atoms with van der Waals surface area (Å²) in [7, 11) is 3.46. The first-order valence-electron chi connectivity index (χ1n) is 8.58. The minimum Gasteiger partial charge on any atom is -0.493 e. The van der Waals surface area contributed by atoms with Gasteiger partial charge in [-0.2, -0.15) is 0 Å². The van der Waals surface area contributed by atoms with Crippen LogP contribution >= 0.6 is 0 Å². The Morgan fingerprint density at radius 3 is 2.60 bits per heavy atom. The van der Waals surface area contributed by atoms with Crippen molar-refractivity contribution in [1.82, 2.24) is 10.2 Å². The van der Waals surface area contributed by atoms with E-state index in [4.69, 9.17) is 15.2 Å². The van der Waals surface area contributed by atoms with E-state index in [0.717, 1.165) is 38.9 Å². The number of carbonyl (C=O) groups excluding carboxylic acids is 2. The zero-order chi connectivity index (χ0) is 18.2. The lowest BCUT2D eigenvalue weighted by Gasteiger charge is -2.32. The van der Waals surface area contributed by atoms with Crippen LogP contribution in [0.3, 0.4) is 0 Å². The van der Waals surface area contributed by atoms with Gasteiger partial charge >= 0.3 is 0 Å². The maximum Gasteiger partial charge on any atom is 0.255 e. The highest BCUT2D eigenvalue weighted by Gasteiger charge is 2.24. The van der Waals surface area contributed by atoms with Crippen LogP contribution in [0.4, 0.5) is 0 Å². The van der Waals surface area contributed by atoms with Gasteiger partial charge in [-0.05, 0) is 57.0 Å². The molecule has 0 saturated carbocycles. The van der Waals surface area contributed by atoms with E-state index < -0.39 is 5.91 Å². The molecule has 0 unspecified atom stereocenters. The van der Waals surface area contributed by atoms with E-state index in [1.54, 1.807) is 18.2 Å². The molecule has 1 saturated heterocycles. The van der Waals surface area contributed by atoms with Crippen molar-refractivity contribution >= 4 is 11.8 Å². The number of piperidine rings is 1. The van der Waals surface area contributed by atoms with Crippen LogP contribution < -0.4 is 20.5 Å². The predicted molar refractivity (Wildman–Crippen MR) is 94.9 cm³/mol.